The maximum absolute atomic E-state index is 12.4. The minimum Gasteiger partial charge on any atom is -0.497 e. The predicted molar refractivity (Wildman–Crippen MR) is 95.7 cm³/mol. The molecule has 122 valence electrons. The summed E-state index contributed by atoms with van der Waals surface area (Å²) in [5.41, 5.74) is 0.674. The molecule has 0 saturated carbocycles. The molecule has 0 aliphatic rings. The summed E-state index contributed by atoms with van der Waals surface area (Å²) < 4.78 is 11.0. The van der Waals surface area contributed by atoms with E-state index in [1.54, 1.807) is 20.1 Å². The van der Waals surface area contributed by atoms with E-state index >= 15 is 0 Å². The van der Waals surface area contributed by atoms with Crippen molar-refractivity contribution in [1.82, 2.24) is 0 Å². The molecule has 3 aromatic carbocycles. The molecule has 1 unspecified atom stereocenters. The largest absolute Gasteiger partial charge is 0.497 e. The van der Waals surface area contributed by atoms with Crippen LogP contribution >= 0.6 is 0 Å². The Bertz CT molecular complexity index is 855. The van der Waals surface area contributed by atoms with Crippen LogP contribution in [0.1, 0.15) is 6.92 Å². The van der Waals surface area contributed by atoms with E-state index in [1.807, 2.05) is 60.7 Å². The average Bonchev–Trinajstić information content (AvgIpc) is 2.62. The Morgan fingerprint density at radius 1 is 1.00 bits per heavy atom. The van der Waals surface area contributed by atoms with Crippen LogP contribution in [0.2, 0.25) is 0 Å². The topological polar surface area (TPSA) is 47.6 Å². The van der Waals surface area contributed by atoms with Crippen LogP contribution in [0.25, 0.3) is 10.8 Å². The molecule has 0 aliphatic carbocycles. The van der Waals surface area contributed by atoms with E-state index in [0.29, 0.717) is 17.2 Å². The number of anilines is 1. The first-order chi connectivity index (χ1) is 11.7. The summed E-state index contributed by atoms with van der Waals surface area (Å²) in [7, 11) is 1.59. The van der Waals surface area contributed by atoms with Crippen LogP contribution in [0.5, 0.6) is 11.5 Å². The molecule has 0 radical (unpaired) electrons. The van der Waals surface area contributed by atoms with Gasteiger partial charge in [-0.2, -0.15) is 0 Å². The van der Waals surface area contributed by atoms with Gasteiger partial charge in [0.15, 0.2) is 6.10 Å². The Hall–Kier alpha value is -3.01. The van der Waals surface area contributed by atoms with E-state index in [0.717, 1.165) is 10.8 Å². The lowest BCUT2D eigenvalue weighted by molar-refractivity contribution is -0.122. The van der Waals surface area contributed by atoms with Crippen molar-refractivity contribution in [2.24, 2.45) is 0 Å². The highest BCUT2D eigenvalue weighted by atomic mass is 16.5. The van der Waals surface area contributed by atoms with Gasteiger partial charge in [0.1, 0.15) is 11.5 Å². The Kier molecular flexibility index (Phi) is 4.66. The number of fused-ring (bicyclic) bond motifs is 1. The van der Waals surface area contributed by atoms with Gasteiger partial charge in [-0.3, -0.25) is 4.79 Å². The van der Waals surface area contributed by atoms with Gasteiger partial charge in [0.25, 0.3) is 5.91 Å². The van der Waals surface area contributed by atoms with E-state index in [2.05, 4.69) is 5.32 Å². The number of carbonyl (C=O) groups is 1. The molecule has 0 saturated heterocycles. The van der Waals surface area contributed by atoms with E-state index in [4.69, 9.17) is 9.47 Å². The lowest BCUT2D eigenvalue weighted by atomic mass is 10.1. The highest BCUT2D eigenvalue weighted by molar-refractivity contribution is 5.95. The number of methoxy groups -OCH3 is 1. The highest BCUT2D eigenvalue weighted by Crippen LogP contribution is 2.26. The minimum absolute atomic E-state index is 0.212. The SMILES string of the molecule is COc1cccc(NC(=O)C(C)Oc2cccc3ccccc23)c1. The average molecular weight is 321 g/mol. The zero-order chi connectivity index (χ0) is 16.9. The summed E-state index contributed by atoms with van der Waals surface area (Å²) >= 11 is 0. The van der Waals surface area contributed by atoms with Crippen LogP contribution in [0.15, 0.2) is 66.7 Å². The molecule has 0 aromatic heterocycles. The van der Waals surface area contributed by atoms with Gasteiger partial charge in [0.05, 0.1) is 7.11 Å². The Balaban J connectivity index is 1.73. The van der Waals surface area contributed by atoms with Gasteiger partial charge >= 0.3 is 0 Å². The molecular weight excluding hydrogens is 302 g/mol. The van der Waals surface area contributed by atoms with E-state index in [9.17, 15) is 4.79 Å². The zero-order valence-corrected chi connectivity index (χ0v) is 13.7. The van der Waals surface area contributed by atoms with Crippen molar-refractivity contribution >= 4 is 22.4 Å². The smallest absolute Gasteiger partial charge is 0.265 e. The first kappa shape index (κ1) is 15.9. The highest BCUT2D eigenvalue weighted by Gasteiger charge is 2.16. The quantitative estimate of drug-likeness (QED) is 0.764. The lowest BCUT2D eigenvalue weighted by Gasteiger charge is -2.16. The fourth-order valence-electron chi connectivity index (χ4n) is 2.49. The second-order valence-electron chi connectivity index (χ2n) is 5.46. The van der Waals surface area contributed by atoms with Gasteiger partial charge in [-0.05, 0) is 30.5 Å². The third-order valence-corrected chi connectivity index (χ3v) is 3.76. The summed E-state index contributed by atoms with van der Waals surface area (Å²) in [6.45, 7) is 1.73. The minimum atomic E-state index is -0.623. The molecule has 0 fully saturated rings. The van der Waals surface area contributed by atoms with Crippen LogP contribution in [0.3, 0.4) is 0 Å². The first-order valence-corrected chi connectivity index (χ1v) is 7.77. The molecule has 4 heteroatoms. The van der Waals surface area contributed by atoms with Gasteiger partial charge < -0.3 is 14.8 Å². The van der Waals surface area contributed by atoms with Crippen molar-refractivity contribution < 1.29 is 14.3 Å². The summed E-state index contributed by atoms with van der Waals surface area (Å²) in [5.74, 6) is 1.17. The molecule has 3 aromatic rings. The first-order valence-electron chi connectivity index (χ1n) is 7.77. The second-order valence-corrected chi connectivity index (χ2v) is 5.46. The summed E-state index contributed by atoms with van der Waals surface area (Å²) in [6.07, 6.45) is -0.623. The standard InChI is InChI=1S/C20H19NO3/c1-14(20(22)21-16-9-6-10-17(13-16)23-2)24-19-12-5-8-15-7-3-4-11-18(15)19/h3-14H,1-2H3,(H,21,22). The van der Waals surface area contributed by atoms with E-state index in [1.165, 1.54) is 0 Å². The van der Waals surface area contributed by atoms with Gasteiger partial charge in [0.2, 0.25) is 0 Å². The van der Waals surface area contributed by atoms with Crippen LogP contribution in [0.4, 0.5) is 5.69 Å². The van der Waals surface area contributed by atoms with Crippen LogP contribution in [-0.2, 0) is 4.79 Å². The maximum Gasteiger partial charge on any atom is 0.265 e. The number of carbonyl (C=O) groups excluding carboxylic acids is 1. The molecule has 0 bridgehead atoms. The van der Waals surface area contributed by atoms with Gasteiger partial charge in [-0.15, -0.1) is 0 Å². The molecule has 1 N–H and O–H groups in total. The van der Waals surface area contributed by atoms with Crippen molar-refractivity contribution in [2.45, 2.75) is 13.0 Å². The Morgan fingerprint density at radius 2 is 1.75 bits per heavy atom. The fraction of sp³-hybridized carbons (Fsp3) is 0.150. The van der Waals surface area contributed by atoms with Crippen LogP contribution in [-0.4, -0.2) is 19.1 Å². The van der Waals surface area contributed by atoms with Crippen LogP contribution in [0, 0.1) is 0 Å². The number of rotatable bonds is 5. The maximum atomic E-state index is 12.4. The summed E-state index contributed by atoms with van der Waals surface area (Å²) in [5, 5.41) is 4.91. The number of amides is 1. The van der Waals surface area contributed by atoms with Crippen LogP contribution < -0.4 is 14.8 Å². The van der Waals surface area contributed by atoms with Crippen molar-refractivity contribution in [1.29, 1.82) is 0 Å². The van der Waals surface area contributed by atoms with Crippen molar-refractivity contribution in [3.05, 3.63) is 66.7 Å². The fourth-order valence-corrected chi connectivity index (χ4v) is 2.49. The molecule has 0 heterocycles. The predicted octanol–water partition coefficient (Wildman–Crippen LogP) is 4.25. The van der Waals surface area contributed by atoms with Crippen molar-refractivity contribution in [2.75, 3.05) is 12.4 Å². The normalized spacial score (nSPS) is 11.8. The van der Waals surface area contributed by atoms with E-state index < -0.39 is 6.10 Å². The molecule has 1 amide bonds. The molecule has 0 aliphatic heterocycles. The number of nitrogens with one attached hydrogen (secondary N) is 1. The number of hydrogen-bond donors (Lipinski definition) is 1. The molecular formula is C20H19NO3. The number of hydrogen-bond acceptors (Lipinski definition) is 3. The molecule has 0 spiro atoms. The third-order valence-electron chi connectivity index (χ3n) is 3.76. The molecule has 4 nitrogen and oxygen atoms in total. The van der Waals surface area contributed by atoms with Gasteiger partial charge in [-0.1, -0.05) is 42.5 Å². The molecule has 3 rings (SSSR count). The Morgan fingerprint density at radius 3 is 2.58 bits per heavy atom. The molecule has 1 atom stereocenters. The van der Waals surface area contributed by atoms with Gasteiger partial charge in [-0.25, -0.2) is 0 Å². The second kappa shape index (κ2) is 7.04. The van der Waals surface area contributed by atoms with Crippen molar-refractivity contribution in [3.8, 4) is 11.5 Å². The van der Waals surface area contributed by atoms with Gasteiger partial charge in [0, 0.05) is 17.1 Å². The monoisotopic (exact) mass is 321 g/mol. The van der Waals surface area contributed by atoms with Crippen molar-refractivity contribution in [3.63, 3.8) is 0 Å². The third kappa shape index (κ3) is 3.49. The zero-order valence-electron chi connectivity index (χ0n) is 13.7. The van der Waals surface area contributed by atoms with E-state index in [-0.39, 0.29) is 5.91 Å². The Labute approximate surface area is 141 Å². The summed E-state index contributed by atoms with van der Waals surface area (Å²) in [4.78, 5) is 12.4. The summed E-state index contributed by atoms with van der Waals surface area (Å²) in [6, 6.07) is 21.0. The number of ether oxygens (including phenoxy) is 2. The number of benzene rings is 3. The lowest BCUT2D eigenvalue weighted by Crippen LogP contribution is -2.30. The molecule has 24 heavy (non-hydrogen) atoms.